The second kappa shape index (κ2) is 6.40. The number of hydrogen-bond acceptors (Lipinski definition) is 1. The zero-order valence-electron chi connectivity index (χ0n) is 13.5. The van der Waals surface area contributed by atoms with Crippen LogP contribution in [0.1, 0.15) is 53.7 Å². The zero-order valence-corrected chi connectivity index (χ0v) is 13.5. The van der Waals surface area contributed by atoms with Crippen molar-refractivity contribution in [1.82, 2.24) is 5.32 Å². The van der Waals surface area contributed by atoms with Gasteiger partial charge in [0.15, 0.2) is 0 Å². The molecule has 112 valence electrons. The summed E-state index contributed by atoms with van der Waals surface area (Å²) in [6.07, 6.45) is 0. The van der Waals surface area contributed by atoms with E-state index in [0.29, 0.717) is 5.56 Å². The lowest BCUT2D eigenvalue weighted by molar-refractivity contribution is 0.490. The number of hydrogen-bond donors (Lipinski definition) is 1. The monoisotopic (exact) mass is 285 g/mol. The third-order valence-electron chi connectivity index (χ3n) is 4.10. The molecule has 0 amide bonds. The number of aryl methyl sites for hydroxylation is 3. The molecule has 1 N–H and O–H groups in total. The normalized spacial score (nSPS) is 14.0. The van der Waals surface area contributed by atoms with Gasteiger partial charge in [0.25, 0.3) is 0 Å². The standard InChI is InChI=1S/C19H24FN/c1-12-6-7-13(2)18(10-12)16(5)21-15(4)17-9-8-14(3)19(20)11-17/h6-11,15-16,21H,1-5H3. The summed E-state index contributed by atoms with van der Waals surface area (Å²) in [5, 5.41) is 3.56. The molecule has 0 fully saturated rings. The minimum absolute atomic E-state index is 0.106. The molecule has 2 atom stereocenters. The summed E-state index contributed by atoms with van der Waals surface area (Å²) in [7, 11) is 0. The first-order valence-corrected chi connectivity index (χ1v) is 7.47. The Hall–Kier alpha value is -1.67. The van der Waals surface area contributed by atoms with E-state index >= 15 is 0 Å². The van der Waals surface area contributed by atoms with Gasteiger partial charge in [-0.3, -0.25) is 0 Å². The molecule has 0 heterocycles. The molecule has 2 aromatic carbocycles. The summed E-state index contributed by atoms with van der Waals surface area (Å²) in [4.78, 5) is 0. The van der Waals surface area contributed by atoms with Gasteiger partial charge in [0, 0.05) is 12.1 Å². The second-order valence-electron chi connectivity index (χ2n) is 5.98. The summed E-state index contributed by atoms with van der Waals surface area (Å²) < 4.78 is 13.7. The lowest BCUT2D eigenvalue weighted by Crippen LogP contribution is -2.23. The van der Waals surface area contributed by atoms with E-state index < -0.39 is 0 Å². The first-order chi connectivity index (χ1) is 9.88. The lowest BCUT2D eigenvalue weighted by Gasteiger charge is -2.23. The molecule has 0 bridgehead atoms. The maximum atomic E-state index is 13.7. The summed E-state index contributed by atoms with van der Waals surface area (Å²) in [6.45, 7) is 10.3. The highest BCUT2D eigenvalue weighted by molar-refractivity contribution is 5.33. The molecular weight excluding hydrogens is 261 g/mol. The number of benzene rings is 2. The Balaban J connectivity index is 2.16. The minimum atomic E-state index is -0.138. The van der Waals surface area contributed by atoms with Crippen molar-refractivity contribution in [3.8, 4) is 0 Å². The quantitative estimate of drug-likeness (QED) is 0.818. The molecule has 21 heavy (non-hydrogen) atoms. The molecule has 2 rings (SSSR count). The Labute approximate surface area is 127 Å². The van der Waals surface area contributed by atoms with Crippen molar-refractivity contribution in [2.75, 3.05) is 0 Å². The Kier molecular flexibility index (Phi) is 4.79. The van der Waals surface area contributed by atoms with Gasteiger partial charge >= 0.3 is 0 Å². The zero-order chi connectivity index (χ0) is 15.6. The van der Waals surface area contributed by atoms with Crippen LogP contribution in [0.5, 0.6) is 0 Å². The number of halogens is 1. The van der Waals surface area contributed by atoms with E-state index in [9.17, 15) is 4.39 Å². The van der Waals surface area contributed by atoms with Crippen LogP contribution in [0, 0.1) is 26.6 Å². The molecule has 0 aliphatic heterocycles. The van der Waals surface area contributed by atoms with Gasteiger partial charge in [0.2, 0.25) is 0 Å². The van der Waals surface area contributed by atoms with Gasteiger partial charge < -0.3 is 5.32 Å². The highest BCUT2D eigenvalue weighted by Gasteiger charge is 2.14. The molecule has 0 aliphatic carbocycles. The average Bonchev–Trinajstić information content (AvgIpc) is 2.44. The fourth-order valence-corrected chi connectivity index (χ4v) is 2.67. The molecule has 2 heteroatoms. The fourth-order valence-electron chi connectivity index (χ4n) is 2.67. The highest BCUT2D eigenvalue weighted by Crippen LogP contribution is 2.23. The van der Waals surface area contributed by atoms with Crippen molar-refractivity contribution in [2.24, 2.45) is 0 Å². The van der Waals surface area contributed by atoms with E-state index in [4.69, 9.17) is 0 Å². The smallest absolute Gasteiger partial charge is 0.126 e. The summed E-state index contributed by atoms with van der Waals surface area (Å²) in [5.74, 6) is -0.138. The van der Waals surface area contributed by atoms with Crippen LogP contribution in [-0.4, -0.2) is 0 Å². The van der Waals surface area contributed by atoms with E-state index in [2.05, 4.69) is 51.2 Å². The van der Waals surface area contributed by atoms with Crippen molar-refractivity contribution in [3.63, 3.8) is 0 Å². The Morgan fingerprint density at radius 2 is 1.52 bits per heavy atom. The number of nitrogens with one attached hydrogen (secondary N) is 1. The van der Waals surface area contributed by atoms with Crippen LogP contribution in [-0.2, 0) is 0 Å². The van der Waals surface area contributed by atoms with Gasteiger partial charge in [-0.1, -0.05) is 35.9 Å². The molecule has 0 radical (unpaired) electrons. The van der Waals surface area contributed by atoms with Crippen molar-refractivity contribution in [1.29, 1.82) is 0 Å². The van der Waals surface area contributed by atoms with Crippen LogP contribution in [0.2, 0.25) is 0 Å². The molecule has 2 aromatic rings. The van der Waals surface area contributed by atoms with E-state index in [1.807, 2.05) is 12.1 Å². The topological polar surface area (TPSA) is 12.0 Å². The van der Waals surface area contributed by atoms with Gasteiger partial charge in [-0.25, -0.2) is 4.39 Å². The molecule has 1 nitrogen and oxygen atoms in total. The van der Waals surface area contributed by atoms with Crippen LogP contribution in [0.4, 0.5) is 4.39 Å². The predicted octanol–water partition coefficient (Wildman–Crippen LogP) is 5.16. The molecule has 0 aliphatic rings. The van der Waals surface area contributed by atoms with Crippen molar-refractivity contribution >= 4 is 0 Å². The van der Waals surface area contributed by atoms with E-state index in [1.165, 1.54) is 16.7 Å². The molecule has 0 saturated carbocycles. The third-order valence-corrected chi connectivity index (χ3v) is 4.10. The average molecular weight is 285 g/mol. The van der Waals surface area contributed by atoms with Gasteiger partial charge in [0.1, 0.15) is 5.82 Å². The van der Waals surface area contributed by atoms with E-state index in [-0.39, 0.29) is 17.9 Å². The van der Waals surface area contributed by atoms with Crippen LogP contribution < -0.4 is 5.32 Å². The summed E-state index contributed by atoms with van der Waals surface area (Å²) in [6, 6.07) is 12.3. The summed E-state index contributed by atoms with van der Waals surface area (Å²) in [5.41, 5.74) is 5.51. The highest BCUT2D eigenvalue weighted by atomic mass is 19.1. The van der Waals surface area contributed by atoms with E-state index in [1.54, 1.807) is 13.0 Å². The molecular formula is C19H24FN. The second-order valence-corrected chi connectivity index (χ2v) is 5.98. The van der Waals surface area contributed by atoms with Crippen molar-refractivity contribution in [2.45, 2.75) is 46.7 Å². The first-order valence-electron chi connectivity index (χ1n) is 7.47. The van der Waals surface area contributed by atoms with Gasteiger partial charge in [-0.15, -0.1) is 0 Å². The largest absolute Gasteiger partial charge is 0.304 e. The van der Waals surface area contributed by atoms with Crippen molar-refractivity contribution in [3.05, 3.63) is 70.0 Å². The van der Waals surface area contributed by atoms with Crippen molar-refractivity contribution < 1.29 is 4.39 Å². The lowest BCUT2D eigenvalue weighted by atomic mass is 9.98. The Morgan fingerprint density at radius 3 is 2.19 bits per heavy atom. The maximum Gasteiger partial charge on any atom is 0.126 e. The minimum Gasteiger partial charge on any atom is -0.304 e. The third kappa shape index (κ3) is 3.70. The van der Waals surface area contributed by atoms with Gasteiger partial charge in [-0.2, -0.15) is 0 Å². The molecule has 2 unspecified atom stereocenters. The number of rotatable bonds is 4. The Morgan fingerprint density at radius 1 is 0.857 bits per heavy atom. The van der Waals surface area contributed by atoms with E-state index in [0.717, 1.165) is 5.56 Å². The van der Waals surface area contributed by atoms with Crippen LogP contribution in [0.15, 0.2) is 36.4 Å². The van der Waals surface area contributed by atoms with Gasteiger partial charge in [0.05, 0.1) is 0 Å². The Bertz CT molecular complexity index is 633. The van der Waals surface area contributed by atoms with Crippen LogP contribution in [0.25, 0.3) is 0 Å². The fraction of sp³-hybridized carbons (Fsp3) is 0.368. The summed E-state index contributed by atoms with van der Waals surface area (Å²) >= 11 is 0. The first kappa shape index (κ1) is 15.7. The molecule has 0 saturated heterocycles. The maximum absolute atomic E-state index is 13.7. The van der Waals surface area contributed by atoms with Crippen LogP contribution in [0.3, 0.4) is 0 Å². The van der Waals surface area contributed by atoms with Crippen LogP contribution >= 0.6 is 0 Å². The predicted molar refractivity (Wildman–Crippen MR) is 87.0 cm³/mol. The molecule has 0 spiro atoms. The van der Waals surface area contributed by atoms with Gasteiger partial charge in [-0.05, 0) is 62.9 Å². The SMILES string of the molecule is Cc1ccc(C)c(C(C)NC(C)c2ccc(C)c(F)c2)c1. The molecule has 0 aromatic heterocycles.